The van der Waals surface area contributed by atoms with E-state index in [-0.39, 0.29) is 17.9 Å². The van der Waals surface area contributed by atoms with Crippen LogP contribution in [-0.4, -0.2) is 53.1 Å². The smallest absolute Gasteiger partial charge is 0.233 e. The first-order chi connectivity index (χ1) is 10.4. The minimum atomic E-state index is 0.0613. The van der Waals surface area contributed by atoms with E-state index in [4.69, 9.17) is 4.42 Å². The van der Waals surface area contributed by atoms with Crippen LogP contribution < -0.4 is 0 Å². The fourth-order valence-electron chi connectivity index (χ4n) is 2.95. The van der Waals surface area contributed by atoms with Gasteiger partial charge in [-0.3, -0.25) is 9.69 Å². The lowest BCUT2D eigenvalue weighted by molar-refractivity contribution is -0.135. The van der Waals surface area contributed by atoms with E-state index >= 15 is 0 Å². The second-order valence-electron chi connectivity index (χ2n) is 6.87. The summed E-state index contributed by atoms with van der Waals surface area (Å²) >= 11 is 0. The Labute approximate surface area is 132 Å². The average Bonchev–Trinajstić information content (AvgIpc) is 2.93. The number of carbonyl (C=O) groups excluding carboxylic acids is 1. The lowest BCUT2D eigenvalue weighted by Gasteiger charge is -2.35. The Balaban J connectivity index is 2.01. The van der Waals surface area contributed by atoms with Crippen molar-refractivity contribution in [2.45, 2.75) is 46.1 Å². The molecule has 2 rings (SSSR count). The van der Waals surface area contributed by atoms with Crippen molar-refractivity contribution in [3.8, 4) is 0 Å². The zero-order valence-electron chi connectivity index (χ0n) is 14.4. The first kappa shape index (κ1) is 16.9. The summed E-state index contributed by atoms with van der Waals surface area (Å²) in [6.07, 6.45) is 2.80. The molecule has 1 aromatic heterocycles. The van der Waals surface area contributed by atoms with Gasteiger partial charge in [-0.2, -0.15) is 0 Å². The predicted octanol–water partition coefficient (Wildman–Crippen LogP) is 2.13. The second kappa shape index (κ2) is 7.22. The van der Waals surface area contributed by atoms with Gasteiger partial charge in [-0.25, -0.2) is 0 Å². The van der Waals surface area contributed by atoms with Crippen LogP contribution >= 0.6 is 0 Å². The first-order valence-electron chi connectivity index (χ1n) is 8.16. The van der Waals surface area contributed by atoms with Crippen LogP contribution in [0.15, 0.2) is 4.42 Å². The molecule has 124 valence electrons. The Morgan fingerprint density at radius 1 is 1.36 bits per heavy atom. The summed E-state index contributed by atoms with van der Waals surface area (Å²) in [5.74, 6) is 2.15. The molecule has 0 radical (unpaired) electrons. The molecule has 0 bridgehead atoms. The summed E-state index contributed by atoms with van der Waals surface area (Å²) in [5.41, 5.74) is 0. The number of hydrogen-bond acceptors (Lipinski definition) is 5. The van der Waals surface area contributed by atoms with Gasteiger partial charge < -0.3 is 9.32 Å². The van der Waals surface area contributed by atoms with Gasteiger partial charge in [0, 0.05) is 27.1 Å². The molecular weight excluding hydrogens is 280 g/mol. The lowest BCUT2D eigenvalue weighted by Crippen LogP contribution is -2.43. The van der Waals surface area contributed by atoms with Gasteiger partial charge in [0.05, 0.1) is 12.0 Å². The zero-order chi connectivity index (χ0) is 16.3. The van der Waals surface area contributed by atoms with Crippen molar-refractivity contribution in [3.63, 3.8) is 0 Å². The number of hydrogen-bond donors (Lipinski definition) is 0. The molecule has 0 aliphatic carbocycles. The molecule has 6 heteroatoms. The topological polar surface area (TPSA) is 62.5 Å². The van der Waals surface area contributed by atoms with Gasteiger partial charge >= 0.3 is 0 Å². The van der Waals surface area contributed by atoms with Gasteiger partial charge in [-0.1, -0.05) is 13.8 Å². The summed E-state index contributed by atoms with van der Waals surface area (Å²) < 4.78 is 5.79. The van der Waals surface area contributed by atoms with Crippen LogP contribution in [0.1, 0.15) is 51.4 Å². The quantitative estimate of drug-likeness (QED) is 0.834. The molecule has 0 saturated carbocycles. The molecule has 0 aromatic carbocycles. The number of likely N-dealkylation sites (tertiary alicyclic amines) is 1. The maximum atomic E-state index is 12.2. The third kappa shape index (κ3) is 4.06. The number of carbonyl (C=O) groups is 1. The van der Waals surface area contributed by atoms with E-state index in [0.717, 1.165) is 32.4 Å². The Morgan fingerprint density at radius 2 is 2.09 bits per heavy atom. The average molecular weight is 308 g/mol. The molecule has 1 aromatic rings. The van der Waals surface area contributed by atoms with Crippen LogP contribution in [0.5, 0.6) is 0 Å². The maximum Gasteiger partial charge on any atom is 0.233 e. The number of amides is 1. The highest BCUT2D eigenvalue weighted by Crippen LogP contribution is 2.27. The van der Waals surface area contributed by atoms with Gasteiger partial charge in [-0.05, 0) is 32.2 Å². The molecule has 0 N–H and O–H groups in total. The van der Waals surface area contributed by atoms with E-state index in [1.807, 2.05) is 14.1 Å². The number of piperidine rings is 1. The summed E-state index contributed by atoms with van der Waals surface area (Å²) in [6.45, 7) is 8.08. The molecule has 1 aliphatic heterocycles. The number of nitrogens with zero attached hydrogens (tertiary/aromatic N) is 4. The van der Waals surface area contributed by atoms with Crippen LogP contribution in [0.2, 0.25) is 0 Å². The van der Waals surface area contributed by atoms with Crippen LogP contribution in [0, 0.1) is 11.8 Å². The minimum Gasteiger partial charge on any atom is -0.424 e. The molecule has 22 heavy (non-hydrogen) atoms. The highest BCUT2D eigenvalue weighted by atomic mass is 16.4. The molecule has 1 amide bonds. The standard InChI is InChI=1S/C16H28N4O2/c1-11(2)9-14-17-18-15(22-14)12(3)20-8-6-7-13(10-20)16(21)19(4)5/h11-13H,6-10H2,1-5H3. The van der Waals surface area contributed by atoms with Gasteiger partial charge in [-0.15, -0.1) is 10.2 Å². The van der Waals surface area contributed by atoms with Crippen molar-refractivity contribution >= 4 is 5.91 Å². The Kier molecular flexibility index (Phi) is 5.56. The Hall–Kier alpha value is -1.43. The zero-order valence-corrected chi connectivity index (χ0v) is 14.4. The molecule has 2 heterocycles. The van der Waals surface area contributed by atoms with Crippen molar-refractivity contribution in [1.82, 2.24) is 20.0 Å². The van der Waals surface area contributed by atoms with E-state index in [0.29, 0.717) is 17.7 Å². The third-order valence-electron chi connectivity index (χ3n) is 4.21. The van der Waals surface area contributed by atoms with E-state index < -0.39 is 0 Å². The molecular formula is C16H28N4O2. The fourth-order valence-corrected chi connectivity index (χ4v) is 2.95. The second-order valence-corrected chi connectivity index (χ2v) is 6.87. The first-order valence-corrected chi connectivity index (χ1v) is 8.16. The monoisotopic (exact) mass is 308 g/mol. The van der Waals surface area contributed by atoms with E-state index in [2.05, 4.69) is 35.9 Å². The van der Waals surface area contributed by atoms with Crippen LogP contribution in [0.25, 0.3) is 0 Å². The normalized spacial score (nSPS) is 21.1. The van der Waals surface area contributed by atoms with Gasteiger partial charge in [0.15, 0.2) is 0 Å². The van der Waals surface area contributed by atoms with Gasteiger partial charge in [0.1, 0.15) is 0 Å². The molecule has 1 fully saturated rings. The lowest BCUT2D eigenvalue weighted by atomic mass is 9.95. The molecule has 2 atom stereocenters. The van der Waals surface area contributed by atoms with E-state index in [1.54, 1.807) is 4.90 Å². The van der Waals surface area contributed by atoms with Crippen LogP contribution in [0.4, 0.5) is 0 Å². The van der Waals surface area contributed by atoms with Crippen molar-refractivity contribution in [2.24, 2.45) is 11.8 Å². The summed E-state index contributed by atoms with van der Waals surface area (Å²) in [6, 6.07) is 0.0613. The molecule has 1 aliphatic rings. The van der Waals surface area contributed by atoms with Crippen molar-refractivity contribution in [3.05, 3.63) is 11.8 Å². The van der Waals surface area contributed by atoms with Crippen molar-refractivity contribution in [2.75, 3.05) is 27.2 Å². The molecule has 2 unspecified atom stereocenters. The minimum absolute atomic E-state index is 0.0613. The van der Waals surface area contributed by atoms with E-state index in [9.17, 15) is 4.79 Å². The van der Waals surface area contributed by atoms with Crippen LogP contribution in [-0.2, 0) is 11.2 Å². The highest BCUT2D eigenvalue weighted by Gasteiger charge is 2.31. The fraction of sp³-hybridized carbons (Fsp3) is 0.812. The number of aromatic nitrogens is 2. The van der Waals surface area contributed by atoms with E-state index in [1.165, 1.54) is 0 Å². The molecule has 0 spiro atoms. The van der Waals surface area contributed by atoms with Crippen molar-refractivity contribution < 1.29 is 9.21 Å². The largest absolute Gasteiger partial charge is 0.424 e. The van der Waals surface area contributed by atoms with Gasteiger partial charge in [0.25, 0.3) is 0 Å². The third-order valence-corrected chi connectivity index (χ3v) is 4.21. The summed E-state index contributed by atoms with van der Waals surface area (Å²) in [4.78, 5) is 16.1. The highest BCUT2D eigenvalue weighted by molar-refractivity contribution is 5.78. The molecule has 1 saturated heterocycles. The Bertz CT molecular complexity index is 498. The van der Waals surface area contributed by atoms with Crippen molar-refractivity contribution in [1.29, 1.82) is 0 Å². The number of rotatable bonds is 5. The maximum absolute atomic E-state index is 12.2. The molecule has 6 nitrogen and oxygen atoms in total. The Morgan fingerprint density at radius 3 is 2.73 bits per heavy atom. The summed E-state index contributed by atoms with van der Waals surface area (Å²) in [5, 5.41) is 8.33. The van der Waals surface area contributed by atoms with Gasteiger partial charge in [0.2, 0.25) is 17.7 Å². The predicted molar refractivity (Wildman–Crippen MR) is 84.2 cm³/mol. The SMILES string of the molecule is CC(C)Cc1nnc(C(C)N2CCCC(C(=O)N(C)C)C2)o1. The summed E-state index contributed by atoms with van der Waals surface area (Å²) in [7, 11) is 3.64. The van der Waals surface area contributed by atoms with Crippen LogP contribution in [0.3, 0.4) is 0 Å².